The smallest absolute Gasteiger partial charge is 0.257 e. The minimum atomic E-state index is -0.944. The Bertz CT molecular complexity index is 1060. The standard InChI is InChI=1S/C23H22F2N2O3/c1-2-3-4-22(28)26-21-13-23(29)27(18-9-11-19(12-10-18)30-15-24)14-20(21)16-5-7-17(25)8-6-16/h5-14H,2-4,15H2,1H3,(H,26,28). The van der Waals surface area contributed by atoms with E-state index in [-0.39, 0.29) is 17.3 Å². The molecule has 7 heteroatoms. The molecule has 30 heavy (non-hydrogen) atoms. The molecule has 0 bridgehead atoms. The van der Waals surface area contributed by atoms with Crippen molar-refractivity contribution in [1.82, 2.24) is 4.57 Å². The molecule has 0 spiro atoms. The van der Waals surface area contributed by atoms with Crippen LogP contribution < -0.4 is 15.6 Å². The van der Waals surface area contributed by atoms with E-state index in [1.165, 1.54) is 22.8 Å². The van der Waals surface area contributed by atoms with Crippen molar-refractivity contribution in [2.45, 2.75) is 26.2 Å². The molecule has 1 amide bonds. The number of carbonyl (C=O) groups is 1. The largest absolute Gasteiger partial charge is 0.463 e. The highest BCUT2D eigenvalue weighted by Gasteiger charge is 2.13. The maximum Gasteiger partial charge on any atom is 0.257 e. The van der Waals surface area contributed by atoms with E-state index in [1.54, 1.807) is 42.6 Å². The molecule has 0 unspecified atom stereocenters. The van der Waals surface area contributed by atoms with Crippen LogP contribution in [0.3, 0.4) is 0 Å². The predicted octanol–water partition coefficient (Wildman–Crippen LogP) is 5.08. The van der Waals surface area contributed by atoms with Crippen molar-refractivity contribution in [3.63, 3.8) is 0 Å². The number of benzene rings is 2. The van der Waals surface area contributed by atoms with Crippen LogP contribution in [0, 0.1) is 5.82 Å². The van der Waals surface area contributed by atoms with Gasteiger partial charge in [-0.15, -0.1) is 0 Å². The third-order valence-electron chi connectivity index (χ3n) is 4.58. The summed E-state index contributed by atoms with van der Waals surface area (Å²) in [6.45, 7) is 1.04. The van der Waals surface area contributed by atoms with Crippen LogP contribution in [0.25, 0.3) is 16.8 Å². The number of nitrogens with one attached hydrogen (secondary N) is 1. The lowest BCUT2D eigenvalue weighted by Crippen LogP contribution is -2.20. The summed E-state index contributed by atoms with van der Waals surface area (Å²) in [7, 11) is 0. The number of anilines is 1. The second-order valence-corrected chi connectivity index (χ2v) is 6.71. The lowest BCUT2D eigenvalue weighted by molar-refractivity contribution is -0.116. The van der Waals surface area contributed by atoms with Crippen LogP contribution in [-0.4, -0.2) is 17.3 Å². The average Bonchev–Trinajstić information content (AvgIpc) is 2.74. The number of unbranched alkanes of at least 4 members (excludes halogenated alkanes) is 1. The van der Waals surface area contributed by atoms with Crippen molar-refractivity contribution in [2.75, 3.05) is 12.2 Å². The summed E-state index contributed by atoms with van der Waals surface area (Å²) in [4.78, 5) is 25.0. The summed E-state index contributed by atoms with van der Waals surface area (Å²) in [5.41, 5.74) is 1.77. The molecular weight excluding hydrogens is 390 g/mol. The summed E-state index contributed by atoms with van der Waals surface area (Å²) in [6.07, 6.45) is 3.55. The number of hydrogen-bond acceptors (Lipinski definition) is 3. The fourth-order valence-corrected chi connectivity index (χ4v) is 3.01. The Balaban J connectivity index is 2.05. The van der Waals surface area contributed by atoms with Crippen LogP contribution in [0.15, 0.2) is 65.6 Å². The number of alkyl halides is 1. The highest BCUT2D eigenvalue weighted by Crippen LogP contribution is 2.28. The number of hydrogen-bond donors (Lipinski definition) is 1. The number of aromatic nitrogens is 1. The van der Waals surface area contributed by atoms with Crippen LogP contribution >= 0.6 is 0 Å². The van der Waals surface area contributed by atoms with Gasteiger partial charge in [0.15, 0.2) is 0 Å². The molecule has 0 aliphatic carbocycles. The number of pyridine rings is 1. The second-order valence-electron chi connectivity index (χ2n) is 6.71. The van der Waals surface area contributed by atoms with Gasteiger partial charge in [0.25, 0.3) is 5.56 Å². The minimum Gasteiger partial charge on any atom is -0.463 e. The Labute approximate surface area is 172 Å². The predicted molar refractivity (Wildman–Crippen MR) is 112 cm³/mol. The van der Waals surface area contributed by atoms with Gasteiger partial charge in [0.05, 0.1) is 5.69 Å². The zero-order valence-corrected chi connectivity index (χ0v) is 16.5. The van der Waals surface area contributed by atoms with Crippen molar-refractivity contribution in [3.8, 4) is 22.6 Å². The van der Waals surface area contributed by atoms with Gasteiger partial charge < -0.3 is 10.1 Å². The SMILES string of the molecule is CCCCC(=O)Nc1cc(=O)n(-c2ccc(OCF)cc2)cc1-c1ccc(F)cc1. The first-order valence-corrected chi connectivity index (χ1v) is 9.63. The fourth-order valence-electron chi connectivity index (χ4n) is 3.01. The van der Waals surface area contributed by atoms with Crippen molar-refractivity contribution >= 4 is 11.6 Å². The van der Waals surface area contributed by atoms with Gasteiger partial charge in [-0.2, -0.15) is 0 Å². The van der Waals surface area contributed by atoms with Crippen molar-refractivity contribution in [3.05, 3.63) is 77.0 Å². The Kier molecular flexibility index (Phi) is 6.95. The third kappa shape index (κ3) is 5.11. The van der Waals surface area contributed by atoms with Gasteiger partial charge in [-0.05, 0) is 48.4 Å². The first-order valence-electron chi connectivity index (χ1n) is 9.63. The van der Waals surface area contributed by atoms with Gasteiger partial charge in [0.1, 0.15) is 11.6 Å². The summed E-state index contributed by atoms with van der Waals surface area (Å²) < 4.78 is 31.9. The second kappa shape index (κ2) is 9.82. The first-order chi connectivity index (χ1) is 14.5. The number of halogens is 2. The summed E-state index contributed by atoms with van der Waals surface area (Å²) in [6, 6.07) is 13.5. The van der Waals surface area contributed by atoms with Crippen LogP contribution in [0.5, 0.6) is 5.75 Å². The number of amides is 1. The van der Waals surface area contributed by atoms with Crippen LogP contribution in [0.4, 0.5) is 14.5 Å². The van der Waals surface area contributed by atoms with Crippen LogP contribution in [0.1, 0.15) is 26.2 Å². The molecule has 5 nitrogen and oxygen atoms in total. The molecule has 1 N–H and O–H groups in total. The molecule has 156 valence electrons. The molecule has 1 heterocycles. The fraction of sp³-hybridized carbons (Fsp3) is 0.217. The molecule has 0 saturated carbocycles. The molecule has 0 atom stereocenters. The zero-order chi connectivity index (χ0) is 21.5. The topological polar surface area (TPSA) is 60.3 Å². The van der Waals surface area contributed by atoms with Gasteiger partial charge in [-0.1, -0.05) is 25.5 Å². The molecular formula is C23H22F2N2O3. The molecule has 0 aliphatic rings. The lowest BCUT2D eigenvalue weighted by Gasteiger charge is -2.15. The molecule has 1 aromatic heterocycles. The van der Waals surface area contributed by atoms with Crippen molar-refractivity contribution < 1.29 is 18.3 Å². The normalized spacial score (nSPS) is 10.6. The van der Waals surface area contributed by atoms with Gasteiger partial charge in [0, 0.05) is 29.9 Å². The van der Waals surface area contributed by atoms with E-state index >= 15 is 0 Å². The Morgan fingerprint density at radius 2 is 1.80 bits per heavy atom. The Morgan fingerprint density at radius 1 is 1.10 bits per heavy atom. The van der Waals surface area contributed by atoms with Crippen LogP contribution in [0.2, 0.25) is 0 Å². The number of nitrogens with zero attached hydrogens (tertiary/aromatic N) is 1. The number of ether oxygens (including phenoxy) is 1. The number of carbonyl (C=O) groups excluding carboxylic acids is 1. The van der Waals surface area contributed by atoms with Crippen molar-refractivity contribution in [2.24, 2.45) is 0 Å². The lowest BCUT2D eigenvalue weighted by atomic mass is 10.1. The molecule has 0 saturated heterocycles. The third-order valence-corrected chi connectivity index (χ3v) is 4.58. The summed E-state index contributed by atoms with van der Waals surface area (Å²) in [5, 5.41) is 2.80. The molecule has 2 aromatic carbocycles. The van der Waals surface area contributed by atoms with E-state index in [9.17, 15) is 18.4 Å². The van der Waals surface area contributed by atoms with Gasteiger partial charge in [-0.3, -0.25) is 14.2 Å². The molecule has 0 fully saturated rings. The minimum absolute atomic E-state index is 0.190. The highest BCUT2D eigenvalue weighted by molar-refractivity contribution is 5.95. The van der Waals surface area contributed by atoms with Crippen LogP contribution in [-0.2, 0) is 4.79 Å². The van der Waals surface area contributed by atoms with E-state index < -0.39 is 6.86 Å². The molecule has 0 aliphatic heterocycles. The molecule has 0 radical (unpaired) electrons. The summed E-state index contributed by atoms with van der Waals surface area (Å²) >= 11 is 0. The van der Waals surface area contributed by atoms with E-state index in [1.807, 2.05) is 6.92 Å². The maximum absolute atomic E-state index is 13.4. The highest BCUT2D eigenvalue weighted by atomic mass is 19.1. The molecule has 3 aromatic rings. The van der Waals surface area contributed by atoms with Crippen molar-refractivity contribution in [1.29, 1.82) is 0 Å². The first kappa shape index (κ1) is 21.2. The van der Waals surface area contributed by atoms with Gasteiger partial charge in [0.2, 0.25) is 12.8 Å². The quantitative estimate of drug-likeness (QED) is 0.561. The number of rotatable bonds is 8. The van der Waals surface area contributed by atoms with Gasteiger partial charge >= 0.3 is 0 Å². The zero-order valence-electron chi connectivity index (χ0n) is 16.5. The average molecular weight is 412 g/mol. The van der Waals surface area contributed by atoms with E-state index in [4.69, 9.17) is 4.74 Å². The van der Waals surface area contributed by atoms with Gasteiger partial charge in [-0.25, -0.2) is 8.78 Å². The Hall–Kier alpha value is -3.48. The van der Waals surface area contributed by atoms with E-state index in [2.05, 4.69) is 5.32 Å². The Morgan fingerprint density at radius 3 is 2.43 bits per heavy atom. The maximum atomic E-state index is 13.4. The van der Waals surface area contributed by atoms with E-state index in [0.717, 1.165) is 12.8 Å². The monoisotopic (exact) mass is 412 g/mol. The summed E-state index contributed by atoms with van der Waals surface area (Å²) in [5.74, 6) is -0.234. The van der Waals surface area contributed by atoms with E-state index in [0.29, 0.717) is 34.7 Å². The molecule has 3 rings (SSSR count).